The van der Waals surface area contributed by atoms with E-state index < -0.39 is 171 Å². The van der Waals surface area contributed by atoms with Crippen LogP contribution in [0.3, 0.4) is 0 Å². The number of carbonyl (C=O) groups excluding carboxylic acids is 10. The molecule has 39 heteroatoms. The maximum atomic E-state index is 10.1. The van der Waals surface area contributed by atoms with Gasteiger partial charge in [0.05, 0.1) is 61.2 Å². The van der Waals surface area contributed by atoms with Crippen LogP contribution in [0.5, 0.6) is 0 Å². The molecule has 14 N–H and O–H groups in total. The standard InChI is InChI=1S/2C6H8O7.2C6H12O7.2C3H6O3.5Ca/c2*7-3(8)1-6(13,5(11)12)2-4(9)10;2*7-1-2(8)3(9)4(10)5(11)6(12)13;2*1-2(4)3(5)6;;;;;/h2*13H,1-2H2,(H,7,8)(H,9,10)(H,11,12);2*2-5,7-11H,1H2,(H,12,13);2*2,4H,1H3,(H,5,6);;;;;/q;;;;;;5*+2/p-10/t;;2*2-,3-,4+,5-;;;;;;;/m..11......./s1. The summed E-state index contributed by atoms with van der Waals surface area (Å²) >= 11 is 0. The van der Waals surface area contributed by atoms with Crippen LogP contribution in [0.2, 0.25) is 0 Å². The Morgan fingerprint density at radius 1 is 0.362 bits per heavy atom. The third-order valence-electron chi connectivity index (χ3n) is 6.18. The van der Waals surface area contributed by atoms with Crippen LogP contribution in [0.15, 0.2) is 0 Å². The summed E-state index contributed by atoms with van der Waals surface area (Å²) in [5.74, 6) is -18.8. The van der Waals surface area contributed by atoms with Gasteiger partial charge < -0.3 is 171 Å². The predicted octanol–water partition coefficient (Wildman–Crippen LogP) is -25.8. The Balaban J connectivity index is -0.0000000655. The van der Waals surface area contributed by atoms with Gasteiger partial charge in [0.25, 0.3) is 0 Å². The first kappa shape index (κ1) is 95.2. The molecule has 0 radical (unpaired) electrons. The number of aliphatic hydroxyl groups excluding tert-OH is 12. The maximum absolute atomic E-state index is 10.1. The molecule has 0 spiro atoms. The van der Waals surface area contributed by atoms with E-state index in [2.05, 4.69) is 0 Å². The molecule has 0 saturated heterocycles. The van der Waals surface area contributed by atoms with Crippen molar-refractivity contribution in [3.05, 3.63) is 0 Å². The Labute approximate surface area is 536 Å². The quantitative estimate of drug-likeness (QED) is 0.0448. The van der Waals surface area contributed by atoms with Crippen molar-refractivity contribution >= 4 is 248 Å². The first-order valence-electron chi connectivity index (χ1n) is 16.2. The Morgan fingerprint density at radius 3 is 0.609 bits per heavy atom. The molecule has 2 unspecified atom stereocenters. The summed E-state index contributed by atoms with van der Waals surface area (Å²) < 4.78 is 0. The van der Waals surface area contributed by atoms with Crippen LogP contribution in [0, 0.1) is 0 Å². The molecule has 69 heavy (non-hydrogen) atoms. The van der Waals surface area contributed by atoms with Gasteiger partial charge >= 0.3 is 189 Å². The van der Waals surface area contributed by atoms with E-state index in [-0.39, 0.29) is 189 Å². The van der Waals surface area contributed by atoms with E-state index in [1.807, 2.05) is 0 Å². The minimum atomic E-state index is -2.97. The van der Waals surface area contributed by atoms with Gasteiger partial charge in [0.15, 0.2) is 0 Å². The second-order valence-electron chi connectivity index (χ2n) is 11.8. The molecule has 0 aliphatic heterocycles. The topological polar surface area (TPSA) is 685 Å². The monoisotopic (exact) mass is 1150 g/mol. The Bertz CT molecular complexity index is 1360. The van der Waals surface area contributed by atoms with E-state index in [1.165, 1.54) is 0 Å². The fraction of sp³-hybridized carbons (Fsp3) is 0.667. The smallest absolute Gasteiger partial charge is 0.550 e. The van der Waals surface area contributed by atoms with Crippen molar-refractivity contribution in [3.63, 3.8) is 0 Å². The van der Waals surface area contributed by atoms with Crippen LogP contribution in [-0.4, -0.2) is 405 Å². The van der Waals surface area contributed by atoms with Crippen molar-refractivity contribution in [2.45, 2.75) is 112 Å². The second kappa shape index (κ2) is 50.6. The number of carboxylic acids is 10. The minimum absolute atomic E-state index is 0. The number of aliphatic hydroxyl groups is 14. The molecule has 0 aliphatic rings. The van der Waals surface area contributed by atoms with Gasteiger partial charge in [-0.2, -0.15) is 0 Å². The molecule has 0 amide bonds. The van der Waals surface area contributed by atoms with E-state index in [4.69, 9.17) is 71.5 Å². The summed E-state index contributed by atoms with van der Waals surface area (Å²) in [6.45, 7) is 0.542. The SMILES string of the molecule is CC(O)C(=O)[O-].CC(O)C(=O)[O-].O=C([O-])CC(O)(CC(=O)[O-])C(=O)[O-].O=C([O-])CC(O)(CC(=O)[O-])C(=O)[O-].O=C([O-])[C@H](O)[C@@H](O)[C@H](O)[C@H](O)CO.O=C([O-])[C@H](O)[C@@H](O)[C@H](O)[C@H](O)CO.[Ca+2].[Ca+2].[Ca+2].[Ca+2].[Ca+2]. The van der Waals surface area contributed by atoms with Crippen molar-refractivity contribution in [1.29, 1.82) is 0 Å². The molecule has 0 saturated carbocycles. The number of carboxylic acid groups (broad SMARTS) is 10. The molecule has 0 aliphatic carbocycles. The van der Waals surface area contributed by atoms with Gasteiger partial charge in [-0.1, -0.05) is 0 Å². The third kappa shape index (κ3) is 51.7. The fourth-order valence-corrected chi connectivity index (χ4v) is 2.69. The number of carbonyl (C=O) groups is 10. The van der Waals surface area contributed by atoms with E-state index in [0.717, 1.165) is 13.8 Å². The Morgan fingerprint density at radius 2 is 0.522 bits per heavy atom. The first-order valence-corrected chi connectivity index (χ1v) is 16.2. The summed E-state index contributed by atoms with van der Waals surface area (Å²) in [5, 5.41) is 219. The van der Waals surface area contributed by atoms with E-state index in [9.17, 15) is 99.0 Å². The maximum Gasteiger partial charge on any atom is 2.00 e. The van der Waals surface area contributed by atoms with Crippen molar-refractivity contribution in [2.75, 3.05) is 13.2 Å². The zero-order valence-corrected chi connectivity index (χ0v) is 47.0. The van der Waals surface area contributed by atoms with Crippen LogP contribution in [0.25, 0.3) is 0 Å². The molecule has 34 nitrogen and oxygen atoms in total. The molecule has 0 fully saturated rings. The number of aliphatic carboxylic acids is 10. The summed E-state index contributed by atoms with van der Waals surface area (Å²) in [4.78, 5) is 98.6. The normalized spacial score (nSPS) is 14.1. The average molecular weight is 1150 g/mol. The summed E-state index contributed by atoms with van der Waals surface area (Å²) in [6.07, 6.45) is -24.3. The zero-order chi connectivity index (χ0) is 52.8. The molecule has 376 valence electrons. The number of hydrogen-bond acceptors (Lipinski definition) is 34. The van der Waals surface area contributed by atoms with Crippen LogP contribution in [0.1, 0.15) is 39.5 Å². The van der Waals surface area contributed by atoms with Gasteiger partial charge in [-0.25, -0.2) is 0 Å². The van der Waals surface area contributed by atoms with Crippen molar-refractivity contribution in [1.82, 2.24) is 0 Å². The molecule has 10 atom stereocenters. The summed E-state index contributed by atoms with van der Waals surface area (Å²) in [6, 6.07) is 0. The average Bonchev–Trinajstić information content (AvgIpc) is 3.14. The van der Waals surface area contributed by atoms with Crippen LogP contribution < -0.4 is 51.1 Å². The van der Waals surface area contributed by atoms with Gasteiger partial charge in [0, 0.05) is 49.6 Å². The number of rotatable bonds is 22. The van der Waals surface area contributed by atoms with E-state index >= 15 is 0 Å². The molecule has 0 aromatic rings. The Kier molecular flexibility index (Phi) is 69.8. The van der Waals surface area contributed by atoms with Gasteiger partial charge in [-0.05, 0) is 13.8 Å². The number of hydrogen-bond donors (Lipinski definition) is 14. The molecule has 0 heterocycles. The van der Waals surface area contributed by atoms with Gasteiger partial charge in [-0.3, -0.25) is 0 Å². The van der Waals surface area contributed by atoms with Gasteiger partial charge in [0.2, 0.25) is 0 Å². The molecular weight excluding hydrogens is 1100 g/mol. The summed E-state index contributed by atoms with van der Waals surface area (Å²) in [7, 11) is 0. The summed E-state index contributed by atoms with van der Waals surface area (Å²) in [5.41, 5.74) is -5.95. The van der Waals surface area contributed by atoms with Crippen molar-refractivity contribution in [3.8, 4) is 0 Å². The Hall–Kier alpha value is 0.439. The molecule has 0 aromatic carbocycles. The van der Waals surface area contributed by atoms with E-state index in [0.29, 0.717) is 0 Å². The predicted molar refractivity (Wildman–Crippen MR) is 193 cm³/mol. The third-order valence-corrected chi connectivity index (χ3v) is 6.18. The largest absolute Gasteiger partial charge is 2.00 e. The molecule has 0 bridgehead atoms. The van der Waals surface area contributed by atoms with Crippen molar-refractivity contribution < 1.29 is 171 Å². The minimum Gasteiger partial charge on any atom is -0.550 e. The molecular formula is C30H42Ca5O34. The van der Waals surface area contributed by atoms with E-state index in [1.54, 1.807) is 0 Å². The van der Waals surface area contributed by atoms with Crippen LogP contribution in [0.4, 0.5) is 0 Å². The molecule has 0 aromatic heterocycles. The second-order valence-corrected chi connectivity index (χ2v) is 11.8. The van der Waals surface area contributed by atoms with Crippen LogP contribution in [-0.2, 0) is 47.9 Å². The van der Waals surface area contributed by atoms with Gasteiger partial charge in [-0.15, -0.1) is 0 Å². The fourth-order valence-electron chi connectivity index (χ4n) is 2.69. The first-order chi connectivity index (χ1) is 28.7. The van der Waals surface area contributed by atoms with Crippen LogP contribution >= 0.6 is 0 Å². The van der Waals surface area contributed by atoms with Crippen molar-refractivity contribution in [2.24, 2.45) is 0 Å². The zero-order valence-electron chi connectivity index (χ0n) is 36.0. The molecule has 0 rings (SSSR count). The van der Waals surface area contributed by atoms with Gasteiger partial charge in [0.1, 0.15) is 60.0 Å².